The predicted molar refractivity (Wildman–Crippen MR) is 597 cm³/mol. The lowest BCUT2D eigenvalue weighted by molar-refractivity contribution is -0.154. The summed E-state index contributed by atoms with van der Waals surface area (Å²) in [5, 5.41) is 3.33. The standard InChI is InChI=1S/C110H203N5O24S6/c1-13-19-25-31-37-43-81-140-87-93(7)105(122)134-75-69-128-99(116)49-55-111-56-62-113(59-52-102(119)131-72-78-137-108(125)96(10)90-143-84-46-40-34-28-22-16-4)64-66-115(61-54-104(121)133-74-80-139-110(127)98(12)92-145-86-48-42-36-30-24-18-6)68-67-114(60-53-103(120)132-73-79-138-109(126)97(11)91-144-85-47-41-35-29-23-17-5)65-63-112(57-50-100(117)129-70-76-135-106(123)94(8)88-141-82-44-38-32-26-20-14-2)58-51-101(118)130-71-77-136-107(124)95(9)89-142-83-45-39-33-27-21-15-3/h93-98,111H,13-92H2,1-12H3. The lowest BCUT2D eigenvalue weighted by Crippen LogP contribution is -2.44. The van der Waals surface area contributed by atoms with Crippen LogP contribution < -0.4 is 5.32 Å². The summed E-state index contributed by atoms with van der Waals surface area (Å²) in [6.45, 7) is 26.1. The summed E-state index contributed by atoms with van der Waals surface area (Å²) in [5.41, 5.74) is 0. The van der Waals surface area contributed by atoms with Gasteiger partial charge in [0.25, 0.3) is 0 Å². The molecule has 0 fully saturated rings. The Labute approximate surface area is 903 Å². The number of carbonyl (C=O) groups excluding carboxylic acids is 12. The molecule has 0 aromatic rings. The number of ether oxygens (including phenoxy) is 12. The van der Waals surface area contributed by atoms with Gasteiger partial charge in [0, 0.05) is 126 Å². The van der Waals surface area contributed by atoms with Gasteiger partial charge in [0.05, 0.1) is 74.0 Å². The van der Waals surface area contributed by atoms with Crippen LogP contribution in [0.25, 0.3) is 0 Å². The second kappa shape index (κ2) is 104. The fourth-order valence-corrected chi connectivity index (χ4v) is 21.3. The van der Waals surface area contributed by atoms with Crippen LogP contribution in [-0.4, -0.2) is 331 Å². The second-order valence-corrected chi connectivity index (χ2v) is 45.3. The quantitative estimate of drug-likeness (QED) is 0.0336. The molecule has 0 aromatic heterocycles. The lowest BCUT2D eigenvalue weighted by atomic mass is 10.1. The van der Waals surface area contributed by atoms with Crippen LogP contribution in [0.4, 0.5) is 0 Å². The fourth-order valence-electron chi connectivity index (χ4n) is 14.9. The smallest absolute Gasteiger partial charge is 0.309 e. The minimum atomic E-state index is -0.563. The molecule has 29 nitrogen and oxygen atoms in total. The number of carbonyl (C=O) groups is 12. The molecule has 0 amide bonds. The first-order valence-corrected chi connectivity index (χ1v) is 63.3. The molecule has 0 bridgehead atoms. The van der Waals surface area contributed by atoms with Crippen LogP contribution in [0.5, 0.6) is 0 Å². The highest BCUT2D eigenvalue weighted by Crippen LogP contribution is 2.23. The number of rotatable bonds is 108. The molecule has 0 spiro atoms. The van der Waals surface area contributed by atoms with Crippen LogP contribution in [0.15, 0.2) is 0 Å². The first-order valence-electron chi connectivity index (χ1n) is 56.3. The van der Waals surface area contributed by atoms with E-state index in [-0.39, 0.29) is 248 Å². The van der Waals surface area contributed by atoms with E-state index in [2.05, 4.69) is 56.7 Å². The Balaban J connectivity index is 7.44. The number of thioether (sulfide) groups is 6. The van der Waals surface area contributed by atoms with Crippen molar-refractivity contribution in [2.75, 3.05) is 240 Å². The van der Waals surface area contributed by atoms with Gasteiger partial charge >= 0.3 is 71.6 Å². The number of nitrogens with zero attached hydrogens (tertiary/aromatic N) is 4. The molecule has 0 aliphatic carbocycles. The van der Waals surface area contributed by atoms with Gasteiger partial charge in [-0.1, -0.05) is 276 Å². The zero-order valence-corrected chi connectivity index (χ0v) is 97.5. The molecule has 0 aromatic carbocycles. The molecular weight excluding hydrogens is 1970 g/mol. The summed E-state index contributed by atoms with van der Waals surface area (Å²) in [7, 11) is 0. The summed E-state index contributed by atoms with van der Waals surface area (Å²) in [6.07, 6.45) is 42.4. The van der Waals surface area contributed by atoms with Crippen molar-refractivity contribution in [3.05, 3.63) is 0 Å². The van der Waals surface area contributed by atoms with Crippen molar-refractivity contribution in [1.82, 2.24) is 24.9 Å². The first-order chi connectivity index (χ1) is 70.3. The monoisotopic (exact) mass is 2170 g/mol. The van der Waals surface area contributed by atoms with Crippen molar-refractivity contribution in [1.29, 1.82) is 0 Å². The molecule has 0 aliphatic rings. The van der Waals surface area contributed by atoms with E-state index in [4.69, 9.17) is 56.8 Å². The van der Waals surface area contributed by atoms with E-state index >= 15 is 0 Å². The third kappa shape index (κ3) is 91.8. The van der Waals surface area contributed by atoms with Gasteiger partial charge in [0.2, 0.25) is 0 Å². The van der Waals surface area contributed by atoms with Gasteiger partial charge in [0.15, 0.2) is 0 Å². The highest BCUT2D eigenvalue weighted by molar-refractivity contribution is 8.00. The normalized spacial score (nSPS) is 12.7. The summed E-state index contributed by atoms with van der Waals surface area (Å²) < 4.78 is 67.1. The predicted octanol–water partition coefficient (Wildman–Crippen LogP) is 21.0. The summed E-state index contributed by atoms with van der Waals surface area (Å²) >= 11 is 10.4. The number of esters is 12. The van der Waals surface area contributed by atoms with Crippen molar-refractivity contribution < 1.29 is 114 Å². The average Bonchev–Trinajstić information content (AvgIpc) is 0.915. The summed E-state index contributed by atoms with van der Waals surface area (Å²) in [6, 6.07) is 0. The number of nitrogens with one attached hydrogen (secondary N) is 1. The van der Waals surface area contributed by atoms with Crippen molar-refractivity contribution in [2.24, 2.45) is 35.5 Å². The van der Waals surface area contributed by atoms with Crippen molar-refractivity contribution in [3.8, 4) is 0 Å². The Morgan fingerprint density at radius 3 is 0.524 bits per heavy atom. The molecule has 0 heterocycles. The van der Waals surface area contributed by atoms with E-state index in [0.717, 1.165) is 98.7 Å². The highest BCUT2D eigenvalue weighted by atomic mass is 32.2. The fraction of sp³-hybridized carbons (Fsp3) is 0.891. The Morgan fingerprint density at radius 1 is 0.186 bits per heavy atom. The zero-order chi connectivity index (χ0) is 107. The molecule has 6 atom stereocenters. The van der Waals surface area contributed by atoms with Crippen molar-refractivity contribution in [2.45, 2.75) is 353 Å². The third-order valence-corrected chi connectivity index (χ3v) is 32.4. The third-order valence-electron chi connectivity index (χ3n) is 24.5. The topological polar surface area (TPSA) is 341 Å². The number of unbranched alkanes of at least 4 members (excludes halogenated alkanes) is 30. The number of hydrogen-bond donors (Lipinski definition) is 1. The molecule has 1 N–H and O–H groups in total. The highest BCUT2D eigenvalue weighted by Gasteiger charge is 2.25. The molecule has 0 rings (SSSR count). The first kappa shape index (κ1) is 141. The van der Waals surface area contributed by atoms with Gasteiger partial charge in [-0.25, -0.2) is 0 Å². The van der Waals surface area contributed by atoms with E-state index in [0.29, 0.717) is 67.2 Å². The van der Waals surface area contributed by atoms with Crippen LogP contribution in [-0.2, 0) is 114 Å². The second-order valence-electron chi connectivity index (χ2n) is 38.4. The average molecular weight is 2170 g/mol. The molecule has 0 saturated carbocycles. The van der Waals surface area contributed by atoms with Gasteiger partial charge in [-0.05, 0) is 73.0 Å². The Kier molecular flexibility index (Phi) is 101. The molecule has 0 radical (unpaired) electrons. The van der Waals surface area contributed by atoms with Crippen LogP contribution in [0.1, 0.15) is 353 Å². The van der Waals surface area contributed by atoms with E-state index in [1.54, 1.807) is 70.6 Å². The SMILES string of the molecule is CCCCCCCCSCC(C)C(=O)OCCOC(=O)CCNCCN(CCC(=O)OCCOC(=O)C(C)CSCCCCCCCC)CCN(CCC(=O)OCCOC(=O)C(C)CSCCCCCCCC)CCN(CCC(=O)OCCOC(=O)C(C)CSCCCCCCCC)CCN(CCC(=O)OCCOC(=O)C(C)CSCCCCCCCC)CCC(=O)OCCOC(=O)C(C)CSCCCCCCCC. The van der Waals surface area contributed by atoms with Gasteiger partial charge in [-0.2, -0.15) is 70.6 Å². The van der Waals surface area contributed by atoms with Crippen LogP contribution in [0.2, 0.25) is 0 Å². The minimum Gasteiger partial charge on any atom is -0.462 e. The molecule has 0 aliphatic heterocycles. The Hall–Kier alpha value is -4.46. The number of hydrogen-bond acceptors (Lipinski definition) is 35. The van der Waals surface area contributed by atoms with Crippen molar-refractivity contribution in [3.63, 3.8) is 0 Å². The zero-order valence-electron chi connectivity index (χ0n) is 92.6. The lowest BCUT2D eigenvalue weighted by Gasteiger charge is -2.31. The Bertz CT molecular complexity index is 3120. The van der Waals surface area contributed by atoms with Crippen LogP contribution in [0.3, 0.4) is 0 Å². The molecule has 848 valence electrons. The van der Waals surface area contributed by atoms with Gasteiger partial charge < -0.3 is 81.8 Å². The van der Waals surface area contributed by atoms with Gasteiger partial charge in [-0.3, -0.25) is 57.5 Å². The Morgan fingerprint density at radius 2 is 0.338 bits per heavy atom. The van der Waals surface area contributed by atoms with E-state index in [9.17, 15) is 57.5 Å². The van der Waals surface area contributed by atoms with Gasteiger partial charge in [-0.15, -0.1) is 0 Å². The van der Waals surface area contributed by atoms with E-state index in [1.807, 2.05) is 51.3 Å². The van der Waals surface area contributed by atoms with Crippen molar-refractivity contribution >= 4 is 142 Å². The molecule has 6 unspecified atom stereocenters. The largest absolute Gasteiger partial charge is 0.462 e. The maximum absolute atomic E-state index is 13.9. The van der Waals surface area contributed by atoms with E-state index in [1.165, 1.54) is 167 Å². The molecule has 35 heteroatoms. The molecule has 0 saturated heterocycles. The maximum Gasteiger partial charge on any atom is 0.309 e. The summed E-state index contributed by atoms with van der Waals surface area (Å²) in [5.74, 6) is 2.08. The van der Waals surface area contributed by atoms with Crippen LogP contribution in [0, 0.1) is 35.5 Å². The molecular formula is C110H203N5O24S6. The minimum absolute atomic E-state index is 0.0205. The summed E-state index contributed by atoms with van der Waals surface area (Å²) in [4.78, 5) is 168. The van der Waals surface area contributed by atoms with Crippen LogP contribution >= 0.6 is 70.6 Å². The van der Waals surface area contributed by atoms with E-state index < -0.39 is 35.8 Å². The molecule has 145 heavy (non-hydrogen) atoms. The maximum atomic E-state index is 13.9. The van der Waals surface area contributed by atoms with Gasteiger partial charge in [0.1, 0.15) is 79.3 Å².